The molecule has 0 radical (unpaired) electrons. The maximum absolute atomic E-state index is 13.2. The largest absolute Gasteiger partial charge is 0.435 e. The molecule has 2 aromatic rings. The monoisotopic (exact) mass is 475 g/mol. The molecule has 0 amide bonds. The predicted octanol–water partition coefficient (Wildman–Crippen LogP) is 3.67. The van der Waals surface area contributed by atoms with Gasteiger partial charge in [0, 0.05) is 16.7 Å². The summed E-state index contributed by atoms with van der Waals surface area (Å²) in [6, 6.07) is 3.26. The second kappa shape index (κ2) is 8.00. The van der Waals surface area contributed by atoms with E-state index in [1.54, 1.807) is 0 Å². The molecule has 2 aromatic heterocycles. The fraction of sp³-hybridized carbons (Fsp3) is 0.357. The lowest BCUT2D eigenvalue weighted by Gasteiger charge is -2.19. The number of aromatic nitrogens is 3. The van der Waals surface area contributed by atoms with Gasteiger partial charge in [-0.2, -0.15) is 13.2 Å². The molecule has 1 unspecified atom stereocenters. The van der Waals surface area contributed by atoms with Gasteiger partial charge in [0.05, 0.1) is 10.6 Å². The Morgan fingerprint density at radius 1 is 1.22 bits per heavy atom. The van der Waals surface area contributed by atoms with Crippen molar-refractivity contribution in [2.45, 2.75) is 30.5 Å². The summed E-state index contributed by atoms with van der Waals surface area (Å²) in [5.74, 6) is -6.04. The van der Waals surface area contributed by atoms with E-state index in [0.717, 1.165) is 12.1 Å². The van der Waals surface area contributed by atoms with Gasteiger partial charge in [-0.1, -0.05) is 6.92 Å². The van der Waals surface area contributed by atoms with Crippen LogP contribution >= 0.6 is 15.9 Å². The average Bonchev–Trinajstić information content (AvgIpc) is 2.62. The lowest BCUT2D eigenvalue weighted by molar-refractivity contribution is -0.222. The standard InChI is InChI=1S/C14H11BrF5N3O3S/c1-2-27(24,25)9-5-7(15)6-21-11(9)8-3-4-10(23-22-8)26-13(18)14(19,20)12(16)17/h3-6,12-13H,2H2,1H3. The minimum absolute atomic E-state index is 0.0714. The van der Waals surface area contributed by atoms with Crippen molar-refractivity contribution in [2.24, 2.45) is 0 Å². The highest BCUT2D eigenvalue weighted by atomic mass is 79.9. The first-order valence-electron chi connectivity index (χ1n) is 7.18. The van der Waals surface area contributed by atoms with E-state index >= 15 is 0 Å². The average molecular weight is 476 g/mol. The fourth-order valence-corrected chi connectivity index (χ4v) is 3.35. The van der Waals surface area contributed by atoms with Crippen LogP contribution < -0.4 is 4.74 Å². The fourth-order valence-electron chi connectivity index (χ4n) is 1.80. The maximum atomic E-state index is 13.2. The van der Waals surface area contributed by atoms with Crippen molar-refractivity contribution in [3.63, 3.8) is 0 Å². The van der Waals surface area contributed by atoms with Crippen LogP contribution in [0.2, 0.25) is 0 Å². The molecular weight excluding hydrogens is 465 g/mol. The number of ether oxygens (including phenoxy) is 1. The number of pyridine rings is 1. The topological polar surface area (TPSA) is 82.0 Å². The summed E-state index contributed by atoms with van der Waals surface area (Å²) >= 11 is 3.10. The Kier molecular flexibility index (Phi) is 6.35. The van der Waals surface area contributed by atoms with Crippen LogP contribution in [0.3, 0.4) is 0 Å². The van der Waals surface area contributed by atoms with Gasteiger partial charge in [-0.15, -0.1) is 10.2 Å². The van der Waals surface area contributed by atoms with Crippen LogP contribution in [0.15, 0.2) is 33.8 Å². The number of alkyl halides is 5. The third kappa shape index (κ3) is 4.69. The van der Waals surface area contributed by atoms with E-state index in [1.165, 1.54) is 19.2 Å². The molecule has 0 aliphatic heterocycles. The molecule has 27 heavy (non-hydrogen) atoms. The first-order chi connectivity index (χ1) is 12.5. The number of sulfone groups is 1. The second-order valence-corrected chi connectivity index (χ2v) is 8.23. The van der Waals surface area contributed by atoms with E-state index in [0.29, 0.717) is 4.47 Å². The van der Waals surface area contributed by atoms with E-state index in [2.05, 4.69) is 35.8 Å². The normalized spacial score (nSPS) is 13.6. The summed E-state index contributed by atoms with van der Waals surface area (Å²) < 4.78 is 92.0. The lowest BCUT2D eigenvalue weighted by atomic mass is 10.2. The molecule has 0 spiro atoms. The van der Waals surface area contributed by atoms with Gasteiger partial charge in [0.1, 0.15) is 11.4 Å². The SMILES string of the molecule is CCS(=O)(=O)c1cc(Br)cnc1-c1ccc(OC(F)C(F)(F)C(F)F)nn1. The van der Waals surface area contributed by atoms with Crippen molar-refractivity contribution >= 4 is 25.8 Å². The molecule has 0 saturated carbocycles. The molecule has 0 N–H and O–H groups in total. The minimum atomic E-state index is -5.03. The molecule has 6 nitrogen and oxygen atoms in total. The van der Waals surface area contributed by atoms with Crippen molar-refractivity contribution < 1.29 is 35.1 Å². The Balaban J connectivity index is 2.34. The molecule has 0 aromatic carbocycles. The van der Waals surface area contributed by atoms with Crippen LogP contribution in [-0.4, -0.2) is 48.1 Å². The van der Waals surface area contributed by atoms with Gasteiger partial charge in [-0.05, 0) is 28.1 Å². The summed E-state index contributed by atoms with van der Waals surface area (Å²) in [5.41, 5.74) is -0.147. The molecule has 13 heteroatoms. The highest BCUT2D eigenvalue weighted by molar-refractivity contribution is 9.10. The van der Waals surface area contributed by atoms with Crippen LogP contribution in [-0.2, 0) is 9.84 Å². The Morgan fingerprint density at radius 2 is 1.89 bits per heavy atom. The highest BCUT2D eigenvalue weighted by Gasteiger charge is 2.51. The molecule has 0 bridgehead atoms. The first-order valence-corrected chi connectivity index (χ1v) is 9.62. The number of nitrogens with zero attached hydrogens (tertiary/aromatic N) is 3. The Morgan fingerprint density at radius 3 is 2.41 bits per heavy atom. The maximum Gasteiger partial charge on any atom is 0.372 e. The molecule has 2 heterocycles. The van der Waals surface area contributed by atoms with Gasteiger partial charge in [0.15, 0.2) is 9.84 Å². The van der Waals surface area contributed by atoms with Crippen molar-refractivity contribution in [1.29, 1.82) is 0 Å². The second-order valence-electron chi connectivity index (χ2n) is 5.07. The van der Waals surface area contributed by atoms with E-state index in [-0.39, 0.29) is 22.0 Å². The van der Waals surface area contributed by atoms with Gasteiger partial charge in [-0.3, -0.25) is 4.98 Å². The molecule has 2 rings (SSSR count). The number of hydrogen-bond donors (Lipinski definition) is 0. The van der Waals surface area contributed by atoms with Gasteiger partial charge in [0.25, 0.3) is 0 Å². The van der Waals surface area contributed by atoms with Crippen molar-refractivity contribution in [2.75, 3.05) is 5.75 Å². The zero-order valence-corrected chi connectivity index (χ0v) is 15.8. The third-order valence-corrected chi connectivity index (χ3v) is 5.41. The van der Waals surface area contributed by atoms with E-state index in [4.69, 9.17) is 0 Å². The molecular formula is C14H11BrF5N3O3S. The van der Waals surface area contributed by atoms with Crippen LogP contribution in [0.5, 0.6) is 5.88 Å². The van der Waals surface area contributed by atoms with Crippen LogP contribution in [0.1, 0.15) is 6.92 Å². The van der Waals surface area contributed by atoms with Crippen LogP contribution in [0.4, 0.5) is 22.0 Å². The first kappa shape index (κ1) is 21.4. The summed E-state index contributed by atoms with van der Waals surface area (Å²) in [6.45, 7) is 1.42. The minimum Gasteiger partial charge on any atom is -0.435 e. The smallest absolute Gasteiger partial charge is 0.372 e. The van der Waals surface area contributed by atoms with Crippen molar-refractivity contribution in [3.8, 4) is 17.3 Å². The predicted molar refractivity (Wildman–Crippen MR) is 87.2 cm³/mol. The third-order valence-electron chi connectivity index (χ3n) is 3.23. The number of rotatable bonds is 7. The zero-order valence-electron chi connectivity index (χ0n) is 13.4. The molecule has 1 atom stereocenters. The Hall–Kier alpha value is -1.89. The van der Waals surface area contributed by atoms with E-state index < -0.39 is 34.4 Å². The van der Waals surface area contributed by atoms with Crippen molar-refractivity contribution in [1.82, 2.24) is 15.2 Å². The quantitative estimate of drug-likeness (QED) is 0.568. The van der Waals surface area contributed by atoms with Gasteiger partial charge in [-0.25, -0.2) is 17.2 Å². The van der Waals surface area contributed by atoms with Crippen molar-refractivity contribution in [3.05, 3.63) is 28.9 Å². The molecule has 0 saturated heterocycles. The molecule has 148 valence electrons. The molecule has 0 aliphatic carbocycles. The summed E-state index contributed by atoms with van der Waals surface area (Å²) in [6.07, 6.45) is -6.61. The number of halogens is 6. The van der Waals surface area contributed by atoms with E-state index in [1.807, 2.05) is 0 Å². The van der Waals surface area contributed by atoms with Crippen LogP contribution in [0.25, 0.3) is 11.4 Å². The molecule has 0 aliphatic rings. The van der Waals surface area contributed by atoms with Gasteiger partial charge >= 0.3 is 18.7 Å². The summed E-state index contributed by atoms with van der Waals surface area (Å²) in [7, 11) is -3.69. The zero-order chi connectivity index (χ0) is 20.4. The van der Waals surface area contributed by atoms with E-state index in [9.17, 15) is 30.4 Å². The Labute approximate surface area is 158 Å². The van der Waals surface area contributed by atoms with Gasteiger partial charge < -0.3 is 4.74 Å². The summed E-state index contributed by atoms with van der Waals surface area (Å²) in [5, 5.41) is 6.85. The number of hydrogen-bond acceptors (Lipinski definition) is 6. The van der Waals surface area contributed by atoms with Crippen LogP contribution in [0, 0.1) is 0 Å². The lowest BCUT2D eigenvalue weighted by Crippen LogP contribution is -2.41. The van der Waals surface area contributed by atoms with Gasteiger partial charge in [0.2, 0.25) is 5.88 Å². The molecule has 0 fully saturated rings. The summed E-state index contributed by atoms with van der Waals surface area (Å²) in [4.78, 5) is 3.80. The highest BCUT2D eigenvalue weighted by Crippen LogP contribution is 2.31. The Bertz CT molecular complexity index is 913.